The van der Waals surface area contributed by atoms with Crippen molar-refractivity contribution in [2.45, 2.75) is 53.4 Å². The Morgan fingerprint density at radius 3 is 2.39 bits per heavy atom. The van der Waals surface area contributed by atoms with Crippen molar-refractivity contribution in [2.75, 3.05) is 5.32 Å². The largest absolute Gasteiger partial charge is 0.411 e. The number of amides is 1. The summed E-state index contributed by atoms with van der Waals surface area (Å²) in [6, 6.07) is 8.02. The highest BCUT2D eigenvalue weighted by atomic mass is 16.4. The van der Waals surface area contributed by atoms with Crippen molar-refractivity contribution in [2.24, 2.45) is 21.4 Å². The first-order valence-electron chi connectivity index (χ1n) is 8.42. The molecule has 0 radical (unpaired) electrons. The fraction of sp³-hybridized carbons (Fsp3) is 0.579. The van der Waals surface area contributed by atoms with E-state index in [1.54, 1.807) is 0 Å². The molecule has 2 atom stereocenters. The number of nitrogens with zero attached hydrogens (tertiary/aromatic N) is 1. The third-order valence-electron chi connectivity index (χ3n) is 6.91. The first-order valence-corrected chi connectivity index (χ1v) is 8.42. The molecule has 2 N–H and O–H groups in total. The lowest BCUT2D eigenvalue weighted by Gasteiger charge is -2.39. The maximum absolute atomic E-state index is 13.1. The van der Waals surface area contributed by atoms with Gasteiger partial charge in [-0.15, -0.1) is 0 Å². The number of carbonyl (C=O) groups excluding carboxylic acids is 1. The van der Waals surface area contributed by atoms with Crippen LogP contribution in [0.5, 0.6) is 0 Å². The second-order valence-electron chi connectivity index (χ2n) is 7.77. The van der Waals surface area contributed by atoms with Crippen molar-refractivity contribution in [1.82, 2.24) is 0 Å². The van der Waals surface area contributed by atoms with Gasteiger partial charge in [0, 0.05) is 17.5 Å². The van der Waals surface area contributed by atoms with Crippen molar-refractivity contribution >= 4 is 17.3 Å². The zero-order valence-corrected chi connectivity index (χ0v) is 14.4. The number of fused-ring (bicyclic) bond motifs is 2. The average Bonchev–Trinajstić information content (AvgIpc) is 2.85. The van der Waals surface area contributed by atoms with Crippen LogP contribution in [0.15, 0.2) is 29.4 Å². The van der Waals surface area contributed by atoms with Gasteiger partial charge < -0.3 is 10.5 Å². The van der Waals surface area contributed by atoms with E-state index in [1.807, 2.05) is 24.3 Å². The van der Waals surface area contributed by atoms with E-state index in [9.17, 15) is 10.0 Å². The summed E-state index contributed by atoms with van der Waals surface area (Å²) in [6.07, 6.45) is 3.27. The molecule has 2 unspecified atom stereocenters. The maximum atomic E-state index is 13.1. The number of rotatable bonds is 3. The van der Waals surface area contributed by atoms with E-state index < -0.39 is 5.41 Å². The van der Waals surface area contributed by atoms with Crippen LogP contribution in [0, 0.1) is 16.2 Å². The lowest BCUT2D eigenvalue weighted by molar-refractivity contribution is -0.130. The first kappa shape index (κ1) is 16.0. The third-order valence-corrected chi connectivity index (χ3v) is 6.91. The molecular weight excluding hydrogens is 288 g/mol. The Morgan fingerprint density at radius 1 is 1.22 bits per heavy atom. The quantitative estimate of drug-likeness (QED) is 0.647. The van der Waals surface area contributed by atoms with Crippen LogP contribution in [0.25, 0.3) is 0 Å². The van der Waals surface area contributed by atoms with Crippen molar-refractivity contribution in [3.8, 4) is 0 Å². The minimum Gasteiger partial charge on any atom is -0.411 e. The molecule has 0 aliphatic heterocycles. The lowest BCUT2D eigenvalue weighted by Crippen LogP contribution is -2.43. The molecule has 0 aromatic heterocycles. The van der Waals surface area contributed by atoms with Crippen molar-refractivity contribution in [1.29, 1.82) is 0 Å². The maximum Gasteiger partial charge on any atom is 0.231 e. The third kappa shape index (κ3) is 1.97. The van der Waals surface area contributed by atoms with Crippen LogP contribution in [0.3, 0.4) is 0 Å². The van der Waals surface area contributed by atoms with Gasteiger partial charge in [-0.2, -0.15) is 0 Å². The molecule has 2 aliphatic carbocycles. The van der Waals surface area contributed by atoms with Gasteiger partial charge in [-0.05, 0) is 42.4 Å². The summed E-state index contributed by atoms with van der Waals surface area (Å²) in [5.41, 5.74) is 1.93. The molecule has 2 fully saturated rings. The number of hydrogen-bond donors (Lipinski definition) is 2. The minimum atomic E-state index is -0.493. The number of nitrogens with one attached hydrogen (secondary N) is 1. The van der Waals surface area contributed by atoms with E-state index in [-0.39, 0.29) is 16.7 Å². The van der Waals surface area contributed by atoms with Crippen molar-refractivity contribution in [3.05, 3.63) is 29.8 Å². The highest BCUT2D eigenvalue weighted by Gasteiger charge is 2.71. The second kappa shape index (κ2) is 5.08. The van der Waals surface area contributed by atoms with Crippen LogP contribution in [0.1, 0.15) is 52.5 Å². The summed E-state index contributed by atoms with van der Waals surface area (Å²) in [7, 11) is 0. The van der Waals surface area contributed by atoms with E-state index in [1.165, 1.54) is 5.56 Å². The molecule has 124 valence electrons. The van der Waals surface area contributed by atoms with Crippen LogP contribution < -0.4 is 5.32 Å². The number of benzene rings is 1. The van der Waals surface area contributed by atoms with E-state index in [4.69, 9.17) is 0 Å². The number of hydrogen-bond acceptors (Lipinski definition) is 3. The summed E-state index contributed by atoms with van der Waals surface area (Å²) in [6.45, 7) is 8.51. The molecule has 0 saturated heterocycles. The van der Waals surface area contributed by atoms with Crippen LogP contribution in [0.2, 0.25) is 0 Å². The summed E-state index contributed by atoms with van der Waals surface area (Å²) in [5, 5.41) is 16.0. The van der Waals surface area contributed by atoms with Gasteiger partial charge in [-0.25, -0.2) is 0 Å². The van der Waals surface area contributed by atoms with E-state index in [2.05, 4.69) is 38.2 Å². The first-order chi connectivity index (χ1) is 10.8. The Bertz CT molecular complexity index is 662. The lowest BCUT2D eigenvalue weighted by atomic mass is 9.64. The van der Waals surface area contributed by atoms with Gasteiger partial charge in [-0.3, -0.25) is 4.79 Å². The topological polar surface area (TPSA) is 61.7 Å². The fourth-order valence-electron chi connectivity index (χ4n) is 4.61. The Labute approximate surface area is 138 Å². The number of anilines is 1. The van der Waals surface area contributed by atoms with Gasteiger partial charge in [0.2, 0.25) is 5.91 Å². The number of oxime groups is 1. The Balaban J connectivity index is 1.89. The van der Waals surface area contributed by atoms with Gasteiger partial charge in [-0.1, -0.05) is 45.0 Å². The molecule has 4 nitrogen and oxygen atoms in total. The molecule has 2 aliphatic rings. The van der Waals surface area contributed by atoms with Gasteiger partial charge >= 0.3 is 0 Å². The molecule has 2 saturated carbocycles. The van der Waals surface area contributed by atoms with Crippen LogP contribution in [0.4, 0.5) is 5.69 Å². The van der Waals surface area contributed by atoms with Crippen LogP contribution in [-0.2, 0) is 11.2 Å². The second-order valence-corrected chi connectivity index (χ2v) is 7.77. The van der Waals surface area contributed by atoms with E-state index >= 15 is 0 Å². The van der Waals surface area contributed by atoms with Crippen molar-refractivity contribution < 1.29 is 10.0 Å². The average molecular weight is 314 g/mol. The Hall–Kier alpha value is -1.84. The van der Waals surface area contributed by atoms with Gasteiger partial charge in [0.15, 0.2) is 0 Å². The van der Waals surface area contributed by atoms with E-state index in [0.29, 0.717) is 6.42 Å². The summed E-state index contributed by atoms with van der Waals surface area (Å²) in [4.78, 5) is 13.1. The molecule has 1 aromatic carbocycles. The molecule has 1 aromatic rings. The molecule has 4 heteroatoms. The monoisotopic (exact) mass is 314 g/mol. The zero-order valence-electron chi connectivity index (χ0n) is 14.4. The number of aryl methyl sites for hydroxylation is 1. The normalized spacial score (nSPS) is 33.1. The fourth-order valence-corrected chi connectivity index (χ4v) is 4.61. The molecule has 2 bridgehead atoms. The van der Waals surface area contributed by atoms with Gasteiger partial charge in [0.1, 0.15) is 0 Å². The molecule has 0 spiro atoms. The molecule has 3 rings (SSSR count). The highest BCUT2D eigenvalue weighted by molar-refractivity contribution is 6.06. The van der Waals surface area contributed by atoms with Crippen LogP contribution >= 0.6 is 0 Å². The smallest absolute Gasteiger partial charge is 0.231 e. The highest BCUT2D eigenvalue weighted by Crippen LogP contribution is 2.71. The standard InChI is InChI=1S/C19H26N2O2/c1-5-13-6-8-14(9-7-13)20-16(22)19-11-10-18(4,17(19,2)3)15(12-19)21-23/h6-9,23H,5,10-12H2,1-4H3,(H,20,22)/b21-15+. The minimum absolute atomic E-state index is 0.0501. The molecule has 0 heterocycles. The van der Waals surface area contributed by atoms with Crippen molar-refractivity contribution in [3.63, 3.8) is 0 Å². The zero-order chi connectivity index (χ0) is 16.9. The van der Waals surface area contributed by atoms with Crippen LogP contribution in [-0.4, -0.2) is 16.8 Å². The Morgan fingerprint density at radius 2 is 1.87 bits per heavy atom. The summed E-state index contributed by atoms with van der Waals surface area (Å²) >= 11 is 0. The number of carbonyl (C=O) groups is 1. The predicted molar refractivity (Wildman–Crippen MR) is 91.8 cm³/mol. The Kier molecular flexibility index (Phi) is 3.54. The molecule has 1 amide bonds. The molecule has 23 heavy (non-hydrogen) atoms. The van der Waals surface area contributed by atoms with E-state index in [0.717, 1.165) is 30.7 Å². The summed E-state index contributed by atoms with van der Waals surface area (Å²) in [5.74, 6) is 0.0501. The van der Waals surface area contributed by atoms with Gasteiger partial charge in [0.05, 0.1) is 11.1 Å². The SMILES string of the molecule is CCc1ccc(NC(=O)C23CCC(C)(/C(=N/O)C2)C3(C)C)cc1. The predicted octanol–water partition coefficient (Wildman–Crippen LogP) is 4.23. The molecular formula is C19H26N2O2. The summed E-state index contributed by atoms with van der Waals surface area (Å²) < 4.78 is 0. The van der Waals surface area contributed by atoms with Gasteiger partial charge in [0.25, 0.3) is 0 Å².